The fourth-order valence-electron chi connectivity index (χ4n) is 10.0. The SMILES string of the molecule is CCCCCCCCC(CCCCCCCC)COC(=O)C(C)(C)CCCCCCOC(=O)[C@@H]1C[C@H](OC(=O)CCN(C)C)CN1CCCCCCC(C)(C)C(=O)OC(CCCCCC)CCCCCC. The van der Waals surface area contributed by atoms with Gasteiger partial charge in [0.25, 0.3) is 0 Å². The molecule has 1 heterocycles. The second kappa shape index (κ2) is 42.1. The first kappa shape index (κ1) is 66.8. The molecule has 1 aliphatic heterocycles. The van der Waals surface area contributed by atoms with Crippen LogP contribution < -0.4 is 0 Å². The van der Waals surface area contributed by atoms with Crippen molar-refractivity contribution in [2.45, 2.75) is 305 Å². The maximum absolute atomic E-state index is 13.6. The number of unbranched alkanes of at least 4 members (excludes halogenated alkanes) is 22. The van der Waals surface area contributed by atoms with Gasteiger partial charge < -0.3 is 23.8 Å². The number of esters is 4. The van der Waals surface area contributed by atoms with Gasteiger partial charge in [-0.05, 0) is 118 Å². The van der Waals surface area contributed by atoms with Crippen LogP contribution in [0.4, 0.5) is 0 Å². The van der Waals surface area contributed by atoms with E-state index in [0.29, 0.717) is 45.1 Å². The van der Waals surface area contributed by atoms with Crippen molar-refractivity contribution in [2.75, 3.05) is 46.9 Å². The predicted molar refractivity (Wildman–Crippen MR) is 296 cm³/mol. The molecular formula is C61H116N2O8. The van der Waals surface area contributed by atoms with Gasteiger partial charge in [-0.1, -0.05) is 182 Å². The lowest BCUT2D eigenvalue weighted by Gasteiger charge is -2.27. The molecule has 0 unspecified atom stereocenters. The third-order valence-corrected chi connectivity index (χ3v) is 15.2. The molecular weight excluding hydrogens is 889 g/mol. The fraction of sp³-hybridized carbons (Fsp3) is 0.934. The van der Waals surface area contributed by atoms with Gasteiger partial charge in [-0.15, -0.1) is 0 Å². The van der Waals surface area contributed by atoms with Crippen molar-refractivity contribution in [3.63, 3.8) is 0 Å². The molecule has 1 aliphatic rings. The van der Waals surface area contributed by atoms with E-state index in [1.807, 2.05) is 46.7 Å². The zero-order valence-electron chi connectivity index (χ0n) is 48.5. The maximum Gasteiger partial charge on any atom is 0.323 e. The number of hydrogen-bond acceptors (Lipinski definition) is 10. The van der Waals surface area contributed by atoms with Crippen LogP contribution in [0.25, 0.3) is 0 Å². The van der Waals surface area contributed by atoms with Crippen molar-refractivity contribution in [2.24, 2.45) is 16.7 Å². The van der Waals surface area contributed by atoms with E-state index in [2.05, 4.69) is 32.6 Å². The van der Waals surface area contributed by atoms with Crippen LogP contribution in [0, 0.1) is 16.7 Å². The third-order valence-electron chi connectivity index (χ3n) is 15.2. The first-order chi connectivity index (χ1) is 34.1. The Labute approximate surface area is 438 Å². The van der Waals surface area contributed by atoms with E-state index in [1.54, 1.807) is 0 Å². The maximum atomic E-state index is 13.6. The largest absolute Gasteiger partial charge is 0.465 e. The van der Waals surface area contributed by atoms with Gasteiger partial charge in [0.15, 0.2) is 0 Å². The molecule has 0 radical (unpaired) electrons. The van der Waals surface area contributed by atoms with Gasteiger partial charge in [0.2, 0.25) is 0 Å². The molecule has 10 nitrogen and oxygen atoms in total. The van der Waals surface area contributed by atoms with Crippen molar-refractivity contribution >= 4 is 23.9 Å². The van der Waals surface area contributed by atoms with E-state index in [4.69, 9.17) is 18.9 Å². The minimum Gasteiger partial charge on any atom is -0.465 e. The number of hydrogen-bond donors (Lipinski definition) is 0. The van der Waals surface area contributed by atoms with E-state index < -0.39 is 16.9 Å². The summed E-state index contributed by atoms with van der Waals surface area (Å²) in [5.74, 6) is -0.140. The van der Waals surface area contributed by atoms with Gasteiger partial charge in [-0.25, -0.2) is 0 Å². The van der Waals surface area contributed by atoms with E-state index in [0.717, 1.165) is 109 Å². The fourth-order valence-corrected chi connectivity index (χ4v) is 10.0. The molecule has 0 saturated carbocycles. The van der Waals surface area contributed by atoms with Crippen LogP contribution in [0.5, 0.6) is 0 Å². The third kappa shape index (κ3) is 34.1. The first-order valence-corrected chi connectivity index (χ1v) is 30.2. The van der Waals surface area contributed by atoms with Crippen molar-refractivity contribution in [1.29, 1.82) is 0 Å². The smallest absolute Gasteiger partial charge is 0.323 e. The van der Waals surface area contributed by atoms with Crippen LogP contribution in [0.15, 0.2) is 0 Å². The first-order valence-electron chi connectivity index (χ1n) is 30.2. The van der Waals surface area contributed by atoms with Crippen molar-refractivity contribution in [3.8, 4) is 0 Å². The summed E-state index contributed by atoms with van der Waals surface area (Å²) in [4.78, 5) is 57.2. The summed E-state index contributed by atoms with van der Waals surface area (Å²) in [6, 6.07) is -0.435. The quantitative estimate of drug-likeness (QED) is 0.0332. The molecule has 0 aliphatic carbocycles. The summed E-state index contributed by atoms with van der Waals surface area (Å²) in [7, 11) is 3.88. The normalized spacial score (nSPS) is 15.6. The minimum absolute atomic E-state index is 0.0233. The Kier molecular flexibility index (Phi) is 39.6. The molecule has 0 N–H and O–H groups in total. The van der Waals surface area contributed by atoms with Crippen molar-refractivity contribution in [1.82, 2.24) is 9.80 Å². The number of carbonyl (C=O) groups excluding carboxylic acids is 4. The Morgan fingerprint density at radius 3 is 1.54 bits per heavy atom. The summed E-state index contributed by atoms with van der Waals surface area (Å²) in [5, 5.41) is 0. The highest BCUT2D eigenvalue weighted by atomic mass is 16.6. The second-order valence-electron chi connectivity index (χ2n) is 23.5. The average Bonchev–Trinajstić information content (AvgIpc) is 3.74. The lowest BCUT2D eigenvalue weighted by molar-refractivity contribution is -0.161. The van der Waals surface area contributed by atoms with E-state index in [-0.39, 0.29) is 36.1 Å². The summed E-state index contributed by atoms with van der Waals surface area (Å²) in [6.07, 6.45) is 38.7. The Morgan fingerprint density at radius 2 is 1.00 bits per heavy atom. The Hall–Kier alpha value is -2.20. The zero-order chi connectivity index (χ0) is 52.6. The zero-order valence-corrected chi connectivity index (χ0v) is 48.5. The molecule has 2 atom stereocenters. The molecule has 0 aromatic heterocycles. The Morgan fingerprint density at radius 1 is 0.549 bits per heavy atom. The molecule has 1 saturated heterocycles. The van der Waals surface area contributed by atoms with E-state index in [1.165, 1.54) is 116 Å². The Bertz CT molecular complexity index is 1310. The lowest BCUT2D eigenvalue weighted by atomic mass is 9.86. The van der Waals surface area contributed by atoms with Crippen LogP contribution in [0.1, 0.15) is 287 Å². The summed E-state index contributed by atoms with van der Waals surface area (Å²) >= 11 is 0. The second-order valence-corrected chi connectivity index (χ2v) is 23.5. The molecule has 418 valence electrons. The standard InChI is InChI=1S/C61H116N2O8/c1-11-15-19-23-25-31-39-52(40-32-26-24-20-16-12-2)51-69-58(66)60(5,6)44-36-28-30-38-48-68-57(65)55-49-54(70-56(64)43-47-62(9)10)50-63(55)46-37-29-27-35-45-61(7,8)59(67)71-53(41-33-21-17-13-3)42-34-22-18-14-4/h52-55H,11-51H2,1-10H3/t54-,55-/m0/s1. The number of nitrogens with zero attached hydrogens (tertiary/aromatic N) is 2. The highest BCUT2D eigenvalue weighted by Crippen LogP contribution is 2.30. The molecule has 0 aromatic rings. The highest BCUT2D eigenvalue weighted by molar-refractivity contribution is 5.77. The molecule has 1 fully saturated rings. The van der Waals surface area contributed by atoms with E-state index >= 15 is 0 Å². The molecule has 0 spiro atoms. The van der Waals surface area contributed by atoms with Crippen LogP contribution in [0.2, 0.25) is 0 Å². The number of rotatable bonds is 48. The number of ether oxygens (including phenoxy) is 4. The van der Waals surface area contributed by atoms with Gasteiger partial charge in [0, 0.05) is 19.5 Å². The Balaban J connectivity index is 2.61. The number of carbonyl (C=O) groups is 4. The van der Waals surface area contributed by atoms with Gasteiger partial charge in [0.1, 0.15) is 18.2 Å². The molecule has 0 amide bonds. The van der Waals surface area contributed by atoms with Crippen LogP contribution in [-0.4, -0.2) is 98.9 Å². The van der Waals surface area contributed by atoms with Crippen LogP contribution in [-0.2, 0) is 38.1 Å². The van der Waals surface area contributed by atoms with Crippen molar-refractivity contribution < 1.29 is 38.1 Å². The predicted octanol–water partition coefficient (Wildman–Crippen LogP) is 15.9. The summed E-state index contributed by atoms with van der Waals surface area (Å²) in [6.45, 7) is 19.9. The highest BCUT2D eigenvalue weighted by Gasteiger charge is 2.39. The monoisotopic (exact) mass is 1000 g/mol. The van der Waals surface area contributed by atoms with Crippen LogP contribution >= 0.6 is 0 Å². The van der Waals surface area contributed by atoms with Gasteiger partial charge >= 0.3 is 23.9 Å². The van der Waals surface area contributed by atoms with E-state index in [9.17, 15) is 19.2 Å². The number of likely N-dealkylation sites (tertiary alicyclic amines) is 1. The minimum atomic E-state index is -0.523. The topological polar surface area (TPSA) is 112 Å². The molecule has 0 bridgehead atoms. The van der Waals surface area contributed by atoms with Gasteiger partial charge in [-0.2, -0.15) is 0 Å². The van der Waals surface area contributed by atoms with Crippen LogP contribution in [0.3, 0.4) is 0 Å². The van der Waals surface area contributed by atoms with Crippen molar-refractivity contribution in [3.05, 3.63) is 0 Å². The summed E-state index contributed by atoms with van der Waals surface area (Å²) in [5.41, 5.74) is -1.05. The molecule has 0 aromatic carbocycles. The lowest BCUT2D eigenvalue weighted by Crippen LogP contribution is -2.38. The molecule has 1 rings (SSSR count). The average molecular weight is 1010 g/mol. The summed E-state index contributed by atoms with van der Waals surface area (Å²) < 4.78 is 24.0. The molecule has 71 heavy (non-hydrogen) atoms. The molecule has 10 heteroatoms. The van der Waals surface area contributed by atoms with Gasteiger partial charge in [0.05, 0.1) is 30.5 Å². The van der Waals surface area contributed by atoms with Gasteiger partial charge in [-0.3, -0.25) is 24.1 Å².